The van der Waals surface area contributed by atoms with Gasteiger partial charge in [0.1, 0.15) is 12.3 Å². The number of ether oxygens (including phenoxy) is 1. The minimum absolute atomic E-state index is 0.234. The Morgan fingerprint density at radius 1 is 1.10 bits per heavy atom. The van der Waals surface area contributed by atoms with Crippen LogP contribution in [0.25, 0.3) is 10.9 Å². The number of benzene rings is 2. The van der Waals surface area contributed by atoms with Crippen LogP contribution in [-0.4, -0.2) is 52.7 Å². The highest BCUT2D eigenvalue weighted by molar-refractivity contribution is 6.22. The van der Waals surface area contributed by atoms with Crippen LogP contribution in [0.2, 0.25) is 0 Å². The van der Waals surface area contributed by atoms with Gasteiger partial charge in [-0.1, -0.05) is 12.1 Å². The summed E-state index contributed by atoms with van der Waals surface area (Å²) < 4.78 is 5.32. The van der Waals surface area contributed by atoms with E-state index in [2.05, 4.69) is 4.98 Å². The number of H-pyrrole nitrogens is 1. The number of nitrogens with one attached hydrogen (secondary N) is 1. The summed E-state index contributed by atoms with van der Waals surface area (Å²) in [6.07, 6.45) is 0.695. The molecule has 1 aromatic heterocycles. The number of rotatable bonds is 3. The highest BCUT2D eigenvalue weighted by Crippen LogP contribution is 2.31. The fourth-order valence-electron chi connectivity index (χ4n) is 4.15. The molecular weight excluding hydrogens is 370 g/mol. The number of aromatic nitrogens is 1. The molecule has 0 spiro atoms. The molecule has 2 aliphatic heterocycles. The van der Waals surface area contributed by atoms with Gasteiger partial charge in [0.2, 0.25) is 5.91 Å². The van der Waals surface area contributed by atoms with Gasteiger partial charge in [-0.15, -0.1) is 0 Å². The summed E-state index contributed by atoms with van der Waals surface area (Å²) in [5.74, 6) is -0.293. The Bertz CT molecular complexity index is 1150. The number of carbonyl (C=O) groups is 3. The summed E-state index contributed by atoms with van der Waals surface area (Å²) in [4.78, 5) is 44.2. The number of hydrogen-bond acceptors (Lipinski definition) is 4. The van der Waals surface area contributed by atoms with Crippen molar-refractivity contribution in [2.24, 2.45) is 0 Å². The van der Waals surface area contributed by atoms with E-state index in [0.717, 1.165) is 32.8 Å². The zero-order valence-corrected chi connectivity index (χ0v) is 15.9. The molecule has 0 radical (unpaired) electrons. The van der Waals surface area contributed by atoms with Gasteiger partial charge in [0.15, 0.2) is 0 Å². The van der Waals surface area contributed by atoms with Gasteiger partial charge in [-0.05, 0) is 30.3 Å². The first-order valence-corrected chi connectivity index (χ1v) is 9.47. The summed E-state index contributed by atoms with van der Waals surface area (Å²) in [6.45, 7) is 0.733. The first-order chi connectivity index (χ1) is 14.1. The Kier molecular flexibility index (Phi) is 3.91. The first-order valence-electron chi connectivity index (χ1n) is 9.47. The molecule has 0 bridgehead atoms. The summed E-state index contributed by atoms with van der Waals surface area (Å²) >= 11 is 0. The van der Waals surface area contributed by atoms with Crippen molar-refractivity contribution < 1.29 is 19.1 Å². The minimum Gasteiger partial charge on any atom is -0.497 e. The van der Waals surface area contributed by atoms with Gasteiger partial charge < -0.3 is 14.6 Å². The van der Waals surface area contributed by atoms with Crippen LogP contribution in [0.5, 0.6) is 5.75 Å². The average molecular weight is 389 g/mol. The second-order valence-corrected chi connectivity index (χ2v) is 7.30. The Balaban J connectivity index is 1.38. The Morgan fingerprint density at radius 3 is 2.52 bits per heavy atom. The van der Waals surface area contributed by atoms with Crippen LogP contribution in [0, 0.1) is 0 Å². The molecule has 0 aliphatic carbocycles. The summed E-state index contributed by atoms with van der Waals surface area (Å²) in [5, 5.41) is 1.03. The lowest BCUT2D eigenvalue weighted by atomic mass is 10.0. The lowest BCUT2D eigenvalue weighted by Gasteiger charge is -2.28. The smallest absolute Gasteiger partial charge is 0.262 e. The zero-order valence-electron chi connectivity index (χ0n) is 15.9. The molecule has 0 atom stereocenters. The molecule has 146 valence electrons. The van der Waals surface area contributed by atoms with E-state index in [1.165, 1.54) is 0 Å². The van der Waals surface area contributed by atoms with E-state index in [1.807, 2.05) is 18.2 Å². The SMILES string of the molecule is COc1ccc2[nH]c3c(c2c1)CN(C(=O)CN1C(=O)c2ccccc2C1=O)CC3. The van der Waals surface area contributed by atoms with E-state index >= 15 is 0 Å². The predicted octanol–water partition coefficient (Wildman–Crippen LogP) is 2.36. The van der Waals surface area contributed by atoms with Crippen molar-refractivity contribution in [2.45, 2.75) is 13.0 Å². The van der Waals surface area contributed by atoms with Crippen LogP contribution >= 0.6 is 0 Å². The molecule has 0 fully saturated rings. The van der Waals surface area contributed by atoms with Crippen LogP contribution in [0.15, 0.2) is 42.5 Å². The molecule has 7 nitrogen and oxygen atoms in total. The standard InChI is InChI=1S/C22H19N3O4/c1-29-13-6-7-18-16(10-13)17-11-24(9-8-19(17)23-18)20(26)12-25-21(27)14-4-2-3-5-15(14)22(25)28/h2-7,10,23H,8-9,11-12H2,1H3. The Labute approximate surface area is 166 Å². The van der Waals surface area contributed by atoms with Gasteiger partial charge in [0, 0.05) is 41.7 Å². The summed E-state index contributed by atoms with van der Waals surface area (Å²) in [5.41, 5.74) is 3.88. The van der Waals surface area contributed by atoms with Crippen molar-refractivity contribution in [3.05, 3.63) is 64.8 Å². The van der Waals surface area contributed by atoms with E-state index in [-0.39, 0.29) is 12.5 Å². The third-order valence-corrected chi connectivity index (χ3v) is 5.71. The van der Waals surface area contributed by atoms with E-state index in [1.54, 1.807) is 36.3 Å². The molecule has 0 saturated carbocycles. The monoisotopic (exact) mass is 389 g/mol. The molecular formula is C22H19N3O4. The number of nitrogens with zero attached hydrogens (tertiary/aromatic N) is 2. The summed E-state index contributed by atoms with van der Waals surface area (Å²) in [7, 11) is 1.62. The molecule has 5 rings (SSSR count). The van der Waals surface area contributed by atoms with Crippen LogP contribution in [0.4, 0.5) is 0 Å². The van der Waals surface area contributed by atoms with E-state index in [4.69, 9.17) is 4.74 Å². The van der Waals surface area contributed by atoms with Crippen molar-refractivity contribution in [3.63, 3.8) is 0 Å². The third kappa shape index (κ3) is 2.69. The van der Waals surface area contributed by atoms with Crippen LogP contribution < -0.4 is 4.74 Å². The lowest BCUT2D eigenvalue weighted by molar-refractivity contribution is -0.132. The maximum Gasteiger partial charge on any atom is 0.262 e. The van der Waals surface area contributed by atoms with Crippen molar-refractivity contribution in [3.8, 4) is 5.75 Å². The normalized spacial score (nSPS) is 15.6. The highest BCUT2D eigenvalue weighted by atomic mass is 16.5. The molecule has 0 unspecified atom stereocenters. The second-order valence-electron chi connectivity index (χ2n) is 7.30. The van der Waals surface area contributed by atoms with Crippen molar-refractivity contribution in [1.82, 2.24) is 14.8 Å². The maximum atomic E-state index is 12.9. The number of hydrogen-bond donors (Lipinski definition) is 1. The molecule has 2 aliphatic rings. The van der Waals surface area contributed by atoms with Crippen molar-refractivity contribution >= 4 is 28.6 Å². The lowest BCUT2D eigenvalue weighted by Crippen LogP contribution is -2.44. The Morgan fingerprint density at radius 2 is 1.83 bits per heavy atom. The van der Waals surface area contributed by atoms with E-state index in [0.29, 0.717) is 30.6 Å². The van der Waals surface area contributed by atoms with Gasteiger partial charge in [-0.25, -0.2) is 0 Å². The first kappa shape index (κ1) is 17.5. The van der Waals surface area contributed by atoms with E-state index in [9.17, 15) is 14.4 Å². The molecule has 7 heteroatoms. The van der Waals surface area contributed by atoms with E-state index < -0.39 is 11.8 Å². The predicted molar refractivity (Wildman–Crippen MR) is 106 cm³/mol. The fraction of sp³-hybridized carbons (Fsp3) is 0.227. The topological polar surface area (TPSA) is 82.7 Å². The highest BCUT2D eigenvalue weighted by Gasteiger charge is 2.37. The van der Waals surface area contributed by atoms with Gasteiger partial charge in [0.05, 0.1) is 18.2 Å². The quantitative estimate of drug-likeness (QED) is 0.697. The number of fused-ring (bicyclic) bond motifs is 4. The zero-order chi connectivity index (χ0) is 20.1. The number of aromatic amines is 1. The summed E-state index contributed by atoms with van der Waals surface area (Å²) in [6, 6.07) is 12.5. The van der Waals surface area contributed by atoms with Crippen LogP contribution in [-0.2, 0) is 17.8 Å². The molecule has 1 N–H and O–H groups in total. The van der Waals surface area contributed by atoms with Gasteiger partial charge in [-0.2, -0.15) is 0 Å². The van der Waals surface area contributed by atoms with Crippen molar-refractivity contribution in [1.29, 1.82) is 0 Å². The van der Waals surface area contributed by atoms with Gasteiger partial charge in [-0.3, -0.25) is 19.3 Å². The molecule has 29 heavy (non-hydrogen) atoms. The minimum atomic E-state index is -0.409. The second kappa shape index (κ2) is 6.48. The largest absolute Gasteiger partial charge is 0.497 e. The van der Waals surface area contributed by atoms with Crippen LogP contribution in [0.3, 0.4) is 0 Å². The van der Waals surface area contributed by atoms with Crippen molar-refractivity contribution in [2.75, 3.05) is 20.2 Å². The number of amides is 3. The van der Waals surface area contributed by atoms with Crippen LogP contribution in [0.1, 0.15) is 32.0 Å². The Hall–Kier alpha value is -3.61. The number of carbonyl (C=O) groups excluding carboxylic acids is 3. The molecule has 3 amide bonds. The average Bonchev–Trinajstić information content (AvgIpc) is 3.23. The molecule has 3 aromatic rings. The van der Waals surface area contributed by atoms with Gasteiger partial charge >= 0.3 is 0 Å². The van der Waals surface area contributed by atoms with Gasteiger partial charge in [0.25, 0.3) is 11.8 Å². The molecule has 2 aromatic carbocycles. The maximum absolute atomic E-state index is 12.9. The number of methoxy groups -OCH3 is 1. The number of imide groups is 1. The molecule has 0 saturated heterocycles. The third-order valence-electron chi connectivity index (χ3n) is 5.71. The molecule has 3 heterocycles. The fourth-order valence-corrected chi connectivity index (χ4v) is 4.15.